The average molecular weight is 370 g/mol. The summed E-state index contributed by atoms with van der Waals surface area (Å²) in [5.74, 6) is -7.99. The maximum atomic E-state index is 14.6. The molecule has 0 bridgehead atoms. The SMILES string of the molecule is CC(=O)NC1C(NC(C)=O)C(F)[C@](F)(C(=O)O)OC1[C@H](O)[C@H](O)CO. The molecule has 1 aliphatic rings. The molecule has 1 heterocycles. The average Bonchev–Trinajstić information content (AvgIpc) is 2.51. The van der Waals surface area contributed by atoms with E-state index in [-0.39, 0.29) is 0 Å². The maximum Gasteiger partial charge on any atom is 0.372 e. The van der Waals surface area contributed by atoms with Crippen molar-refractivity contribution in [3.8, 4) is 0 Å². The van der Waals surface area contributed by atoms with Crippen molar-refractivity contribution >= 4 is 17.8 Å². The van der Waals surface area contributed by atoms with Crippen molar-refractivity contribution in [1.82, 2.24) is 10.6 Å². The molecule has 2 amide bonds. The number of carboxylic acids is 1. The van der Waals surface area contributed by atoms with Crippen molar-refractivity contribution in [3.05, 3.63) is 0 Å². The van der Waals surface area contributed by atoms with E-state index in [1.54, 1.807) is 0 Å². The second kappa shape index (κ2) is 7.99. The predicted molar refractivity (Wildman–Crippen MR) is 75.6 cm³/mol. The molecule has 6 N–H and O–H groups in total. The molecule has 0 saturated carbocycles. The van der Waals surface area contributed by atoms with Crippen LogP contribution in [0, 0.1) is 0 Å². The fourth-order valence-corrected chi connectivity index (χ4v) is 2.54. The Morgan fingerprint density at radius 3 is 2.04 bits per heavy atom. The minimum absolute atomic E-state index is 0.784. The predicted octanol–water partition coefficient (Wildman–Crippen LogP) is -2.80. The van der Waals surface area contributed by atoms with Crippen LogP contribution in [0.25, 0.3) is 0 Å². The zero-order valence-corrected chi connectivity index (χ0v) is 13.3. The molecule has 1 rings (SSSR count). The summed E-state index contributed by atoms with van der Waals surface area (Å²) in [6.07, 6.45) is -8.94. The van der Waals surface area contributed by atoms with E-state index in [1.807, 2.05) is 5.32 Å². The van der Waals surface area contributed by atoms with Crippen molar-refractivity contribution < 1.29 is 48.3 Å². The largest absolute Gasteiger partial charge is 0.477 e. The van der Waals surface area contributed by atoms with Crippen LogP contribution < -0.4 is 10.6 Å². The van der Waals surface area contributed by atoms with Crippen LogP contribution in [-0.2, 0) is 19.1 Å². The van der Waals surface area contributed by atoms with Gasteiger partial charge in [0.2, 0.25) is 11.8 Å². The molecule has 1 fully saturated rings. The molecule has 0 aromatic heterocycles. The molecule has 0 aromatic rings. The van der Waals surface area contributed by atoms with Crippen molar-refractivity contribution in [2.24, 2.45) is 0 Å². The number of hydrogen-bond acceptors (Lipinski definition) is 7. The van der Waals surface area contributed by atoms with Gasteiger partial charge in [-0.1, -0.05) is 0 Å². The van der Waals surface area contributed by atoms with E-state index in [4.69, 9.17) is 10.2 Å². The fraction of sp³-hybridized carbons (Fsp3) is 0.769. The highest BCUT2D eigenvalue weighted by Gasteiger charge is 2.63. The summed E-state index contributed by atoms with van der Waals surface area (Å²) in [5.41, 5.74) is 0. The molecule has 1 aliphatic heterocycles. The maximum absolute atomic E-state index is 14.6. The van der Waals surface area contributed by atoms with E-state index in [2.05, 4.69) is 10.1 Å². The van der Waals surface area contributed by atoms with Gasteiger partial charge in [0.15, 0.2) is 6.17 Å². The van der Waals surface area contributed by atoms with Gasteiger partial charge in [-0.15, -0.1) is 0 Å². The number of hydrogen-bond donors (Lipinski definition) is 6. The molecule has 0 aliphatic carbocycles. The lowest BCUT2D eigenvalue weighted by Crippen LogP contribution is -2.74. The molecule has 144 valence electrons. The second-order valence-corrected chi connectivity index (χ2v) is 5.63. The first-order chi connectivity index (χ1) is 11.5. The quantitative estimate of drug-likeness (QED) is 0.292. The van der Waals surface area contributed by atoms with Gasteiger partial charge in [-0.3, -0.25) is 9.59 Å². The number of carboxylic acid groups (broad SMARTS) is 1. The van der Waals surface area contributed by atoms with Gasteiger partial charge in [0, 0.05) is 13.8 Å². The summed E-state index contributed by atoms with van der Waals surface area (Å²) in [6.45, 7) is 0.935. The summed E-state index contributed by atoms with van der Waals surface area (Å²) in [7, 11) is 0. The Bertz CT molecular complexity index is 536. The van der Waals surface area contributed by atoms with E-state index >= 15 is 0 Å². The number of amides is 2. The van der Waals surface area contributed by atoms with Crippen LogP contribution in [0.1, 0.15) is 13.8 Å². The highest BCUT2D eigenvalue weighted by atomic mass is 19.2. The van der Waals surface area contributed by atoms with E-state index in [0.29, 0.717) is 0 Å². The number of rotatable bonds is 6. The smallest absolute Gasteiger partial charge is 0.372 e. The van der Waals surface area contributed by atoms with Crippen molar-refractivity contribution in [1.29, 1.82) is 0 Å². The zero-order chi connectivity index (χ0) is 19.5. The van der Waals surface area contributed by atoms with Crippen LogP contribution >= 0.6 is 0 Å². The van der Waals surface area contributed by atoms with Gasteiger partial charge < -0.3 is 35.8 Å². The number of carbonyl (C=O) groups excluding carboxylic acids is 2. The standard InChI is InChI=1S/C13H20F2N2O8/c1-4(19)16-7-8(17-5(2)20)11(14)13(15,12(23)24)25-10(7)9(22)6(21)3-18/h6-11,18,21-22H,3H2,1-2H3,(H,16,19)(H,17,20)(H,23,24)/t6-,7?,8?,9-,10?,11?,13-/m1/s1. The molecule has 0 radical (unpaired) electrons. The molecule has 7 atom stereocenters. The number of ether oxygens (including phenoxy) is 1. The molecule has 0 aromatic carbocycles. The Hall–Kier alpha value is -1.89. The van der Waals surface area contributed by atoms with Gasteiger partial charge in [-0.25, -0.2) is 9.18 Å². The molecule has 10 nitrogen and oxygen atoms in total. The van der Waals surface area contributed by atoms with E-state index in [9.17, 15) is 33.4 Å². The van der Waals surface area contributed by atoms with Gasteiger partial charge in [-0.05, 0) is 0 Å². The first-order valence-electron chi connectivity index (χ1n) is 7.21. The monoisotopic (exact) mass is 370 g/mol. The normalized spacial score (nSPS) is 34.7. The topological polar surface area (TPSA) is 165 Å². The third-order valence-electron chi connectivity index (χ3n) is 3.67. The zero-order valence-electron chi connectivity index (χ0n) is 13.3. The van der Waals surface area contributed by atoms with Crippen molar-refractivity contribution in [3.63, 3.8) is 0 Å². The Labute approximate surface area is 140 Å². The molecule has 25 heavy (non-hydrogen) atoms. The highest BCUT2D eigenvalue weighted by molar-refractivity contribution is 5.78. The number of halogens is 2. The number of aliphatic hydroxyl groups is 3. The number of nitrogens with one attached hydrogen (secondary N) is 2. The Morgan fingerprint density at radius 1 is 1.16 bits per heavy atom. The molecule has 12 heteroatoms. The van der Waals surface area contributed by atoms with Gasteiger partial charge >= 0.3 is 11.8 Å². The fourth-order valence-electron chi connectivity index (χ4n) is 2.54. The number of carbonyl (C=O) groups is 3. The molecular formula is C13H20F2N2O8. The van der Waals surface area contributed by atoms with Gasteiger partial charge in [0.25, 0.3) is 0 Å². The lowest BCUT2D eigenvalue weighted by molar-refractivity contribution is -0.278. The first-order valence-corrected chi connectivity index (χ1v) is 7.21. The lowest BCUT2D eigenvalue weighted by atomic mass is 9.86. The number of aliphatic carboxylic acids is 1. The Morgan fingerprint density at radius 2 is 1.64 bits per heavy atom. The lowest BCUT2D eigenvalue weighted by Gasteiger charge is -2.47. The van der Waals surface area contributed by atoms with Crippen LogP contribution in [0.3, 0.4) is 0 Å². The van der Waals surface area contributed by atoms with Crippen LogP contribution in [0.2, 0.25) is 0 Å². The third kappa shape index (κ3) is 4.39. The van der Waals surface area contributed by atoms with Crippen LogP contribution in [-0.4, -0.2) is 87.2 Å². The summed E-state index contributed by atoms with van der Waals surface area (Å²) in [6, 6.07) is -3.56. The summed E-state index contributed by atoms with van der Waals surface area (Å²) in [5, 5.41) is 41.5. The van der Waals surface area contributed by atoms with E-state index in [1.165, 1.54) is 0 Å². The molecule has 0 spiro atoms. The van der Waals surface area contributed by atoms with Crippen molar-refractivity contribution in [2.75, 3.05) is 6.61 Å². The highest BCUT2D eigenvalue weighted by Crippen LogP contribution is 2.35. The summed E-state index contributed by atoms with van der Waals surface area (Å²) in [4.78, 5) is 33.8. The Balaban J connectivity index is 3.38. The second-order valence-electron chi connectivity index (χ2n) is 5.63. The first kappa shape index (κ1) is 21.2. The Kier molecular flexibility index (Phi) is 6.76. The number of alkyl halides is 2. The molecular weight excluding hydrogens is 350 g/mol. The van der Waals surface area contributed by atoms with Gasteiger partial charge in [0.05, 0.1) is 18.7 Å². The van der Waals surface area contributed by atoms with Crippen LogP contribution in [0.5, 0.6) is 0 Å². The summed E-state index contributed by atoms with van der Waals surface area (Å²) < 4.78 is 33.6. The number of aliphatic hydroxyl groups excluding tert-OH is 3. The van der Waals surface area contributed by atoms with Crippen LogP contribution in [0.4, 0.5) is 8.78 Å². The molecule has 4 unspecified atom stereocenters. The van der Waals surface area contributed by atoms with Gasteiger partial charge in [0.1, 0.15) is 18.3 Å². The third-order valence-corrected chi connectivity index (χ3v) is 3.67. The van der Waals surface area contributed by atoms with Crippen molar-refractivity contribution in [2.45, 2.75) is 56.3 Å². The minimum atomic E-state index is -3.97. The molecule has 1 saturated heterocycles. The van der Waals surface area contributed by atoms with E-state index < -0.39 is 66.8 Å². The van der Waals surface area contributed by atoms with E-state index in [0.717, 1.165) is 13.8 Å². The van der Waals surface area contributed by atoms with Crippen LogP contribution in [0.15, 0.2) is 0 Å². The summed E-state index contributed by atoms with van der Waals surface area (Å²) >= 11 is 0. The minimum Gasteiger partial charge on any atom is -0.477 e. The van der Waals surface area contributed by atoms with Gasteiger partial charge in [-0.2, -0.15) is 4.39 Å².